The average molecular weight is 243 g/mol. The fraction of sp³-hybridized carbons (Fsp3) is 0.700. The molecule has 0 aromatic rings. The fourth-order valence-electron chi connectivity index (χ4n) is 1.85. The number of ether oxygens (including phenoxy) is 1. The average Bonchev–Trinajstić information content (AvgIpc) is 2.35. The van der Waals surface area contributed by atoms with Gasteiger partial charge in [0.05, 0.1) is 20.2 Å². The first kappa shape index (κ1) is 13.4. The quantitative estimate of drug-likeness (QED) is 0.576. The molecule has 1 fully saturated rings. The molecule has 0 spiro atoms. The van der Waals surface area contributed by atoms with E-state index >= 15 is 0 Å². The molecule has 7 heteroatoms. The Morgan fingerprint density at radius 3 is 2.47 bits per heavy atom. The molecular weight excluding hydrogens is 226 g/mol. The summed E-state index contributed by atoms with van der Waals surface area (Å²) in [6.45, 7) is 2.14. The number of rotatable bonds is 2. The molecule has 17 heavy (non-hydrogen) atoms. The van der Waals surface area contributed by atoms with E-state index < -0.39 is 12.0 Å². The van der Waals surface area contributed by atoms with Crippen molar-refractivity contribution >= 4 is 17.8 Å². The van der Waals surface area contributed by atoms with Crippen LogP contribution in [0.3, 0.4) is 0 Å². The Morgan fingerprint density at radius 1 is 1.35 bits per heavy atom. The molecule has 0 unspecified atom stereocenters. The normalized spacial score (nSPS) is 20.1. The fourth-order valence-corrected chi connectivity index (χ4v) is 1.85. The van der Waals surface area contributed by atoms with Crippen LogP contribution in [0.1, 0.15) is 6.92 Å². The third kappa shape index (κ3) is 2.94. The maximum Gasteiger partial charge on any atom is 0.330 e. The van der Waals surface area contributed by atoms with E-state index in [0.29, 0.717) is 13.1 Å². The van der Waals surface area contributed by atoms with Crippen molar-refractivity contribution in [2.24, 2.45) is 5.73 Å². The standard InChI is InChI=1S/C10H17N3O4/c1-7(14)13-4-3-12(9(15)5-11)6-8(13)10(16)17-2/h8H,3-6,11H2,1-2H3/t8-/m1/s1. The minimum atomic E-state index is -0.734. The van der Waals surface area contributed by atoms with Gasteiger partial charge in [-0.05, 0) is 0 Å². The smallest absolute Gasteiger partial charge is 0.330 e. The van der Waals surface area contributed by atoms with Gasteiger partial charge in [-0.1, -0.05) is 0 Å². The Morgan fingerprint density at radius 2 is 2.00 bits per heavy atom. The number of nitrogens with two attached hydrogens (primary N) is 1. The van der Waals surface area contributed by atoms with Gasteiger partial charge in [0.25, 0.3) is 0 Å². The highest BCUT2D eigenvalue weighted by Crippen LogP contribution is 2.11. The number of carbonyl (C=O) groups excluding carboxylic acids is 3. The van der Waals surface area contributed by atoms with E-state index in [2.05, 4.69) is 4.74 Å². The van der Waals surface area contributed by atoms with Crippen LogP contribution in [0.25, 0.3) is 0 Å². The number of nitrogens with zero attached hydrogens (tertiary/aromatic N) is 2. The van der Waals surface area contributed by atoms with E-state index in [1.807, 2.05) is 0 Å². The summed E-state index contributed by atoms with van der Waals surface area (Å²) in [5, 5.41) is 0. The van der Waals surface area contributed by atoms with Crippen molar-refractivity contribution in [1.29, 1.82) is 0 Å². The highest BCUT2D eigenvalue weighted by Gasteiger charge is 2.35. The van der Waals surface area contributed by atoms with Gasteiger partial charge in [0.1, 0.15) is 6.04 Å². The maximum absolute atomic E-state index is 11.6. The number of hydrogen-bond acceptors (Lipinski definition) is 5. The van der Waals surface area contributed by atoms with Crippen molar-refractivity contribution in [3.8, 4) is 0 Å². The number of methoxy groups -OCH3 is 1. The molecule has 0 aromatic heterocycles. The Bertz CT molecular complexity index is 332. The third-order valence-corrected chi connectivity index (χ3v) is 2.79. The number of hydrogen-bond donors (Lipinski definition) is 1. The molecule has 7 nitrogen and oxygen atoms in total. The van der Waals surface area contributed by atoms with Gasteiger partial charge >= 0.3 is 5.97 Å². The molecule has 2 amide bonds. The van der Waals surface area contributed by atoms with Crippen molar-refractivity contribution in [1.82, 2.24) is 9.80 Å². The third-order valence-electron chi connectivity index (χ3n) is 2.79. The van der Waals surface area contributed by atoms with Crippen molar-refractivity contribution in [3.05, 3.63) is 0 Å². The van der Waals surface area contributed by atoms with Gasteiger partial charge in [-0.15, -0.1) is 0 Å². The van der Waals surface area contributed by atoms with E-state index in [1.54, 1.807) is 0 Å². The molecule has 0 aliphatic carbocycles. The van der Waals surface area contributed by atoms with E-state index in [4.69, 9.17) is 5.73 Å². The first-order chi connectivity index (χ1) is 8.01. The van der Waals surface area contributed by atoms with E-state index in [-0.39, 0.29) is 24.9 Å². The van der Waals surface area contributed by atoms with Gasteiger partial charge in [-0.25, -0.2) is 4.79 Å². The maximum atomic E-state index is 11.6. The summed E-state index contributed by atoms with van der Waals surface area (Å²) in [7, 11) is 1.25. The van der Waals surface area contributed by atoms with Gasteiger partial charge < -0.3 is 20.3 Å². The molecule has 1 rings (SSSR count). The summed E-state index contributed by atoms with van der Waals surface area (Å²) in [4.78, 5) is 37.2. The summed E-state index contributed by atoms with van der Waals surface area (Å²) in [6.07, 6.45) is 0. The van der Waals surface area contributed by atoms with E-state index in [0.717, 1.165) is 0 Å². The lowest BCUT2D eigenvalue weighted by Gasteiger charge is -2.39. The molecule has 0 radical (unpaired) electrons. The van der Waals surface area contributed by atoms with Crippen LogP contribution in [0.15, 0.2) is 0 Å². The van der Waals surface area contributed by atoms with Crippen LogP contribution in [0.2, 0.25) is 0 Å². The molecule has 0 aromatic carbocycles. The van der Waals surface area contributed by atoms with Gasteiger partial charge in [0.2, 0.25) is 11.8 Å². The van der Waals surface area contributed by atoms with Crippen LogP contribution in [0, 0.1) is 0 Å². The highest BCUT2D eigenvalue weighted by molar-refractivity contribution is 5.85. The second-order valence-electron chi connectivity index (χ2n) is 3.80. The summed E-state index contributed by atoms with van der Waals surface area (Å²) in [6, 6.07) is -0.734. The predicted octanol–water partition coefficient (Wildman–Crippen LogP) is -1.82. The van der Waals surface area contributed by atoms with Crippen LogP contribution in [0.5, 0.6) is 0 Å². The highest BCUT2D eigenvalue weighted by atomic mass is 16.5. The topological polar surface area (TPSA) is 92.9 Å². The molecule has 1 aliphatic rings. The van der Waals surface area contributed by atoms with Gasteiger partial charge in [0, 0.05) is 20.0 Å². The van der Waals surface area contributed by atoms with Crippen LogP contribution >= 0.6 is 0 Å². The van der Waals surface area contributed by atoms with Crippen molar-refractivity contribution in [2.45, 2.75) is 13.0 Å². The van der Waals surface area contributed by atoms with Gasteiger partial charge in [-0.3, -0.25) is 9.59 Å². The molecule has 2 N–H and O–H groups in total. The largest absolute Gasteiger partial charge is 0.467 e. The lowest BCUT2D eigenvalue weighted by Crippen LogP contribution is -2.59. The summed E-state index contributed by atoms with van der Waals surface area (Å²) >= 11 is 0. The Kier molecular flexibility index (Phi) is 4.45. The lowest BCUT2D eigenvalue weighted by atomic mass is 10.1. The van der Waals surface area contributed by atoms with Crippen molar-refractivity contribution in [3.63, 3.8) is 0 Å². The zero-order chi connectivity index (χ0) is 13.0. The van der Waals surface area contributed by atoms with Crippen molar-refractivity contribution in [2.75, 3.05) is 33.3 Å². The van der Waals surface area contributed by atoms with E-state index in [1.165, 1.54) is 23.8 Å². The molecule has 1 aliphatic heterocycles. The number of piperazine rings is 1. The van der Waals surface area contributed by atoms with Crippen LogP contribution in [-0.2, 0) is 19.1 Å². The summed E-state index contributed by atoms with van der Waals surface area (Å²) in [5.74, 6) is -0.961. The molecule has 0 bridgehead atoms. The first-order valence-electron chi connectivity index (χ1n) is 5.34. The number of esters is 1. The second-order valence-corrected chi connectivity index (χ2v) is 3.80. The Labute approximate surface area is 99.5 Å². The molecule has 0 saturated carbocycles. The SMILES string of the molecule is COC(=O)[C@H]1CN(C(=O)CN)CCN1C(C)=O. The Hall–Kier alpha value is -1.63. The van der Waals surface area contributed by atoms with Gasteiger partial charge in [0.15, 0.2) is 0 Å². The molecule has 1 saturated heterocycles. The number of carbonyl (C=O) groups is 3. The predicted molar refractivity (Wildman–Crippen MR) is 58.8 cm³/mol. The Balaban J connectivity index is 2.80. The lowest BCUT2D eigenvalue weighted by molar-refractivity contribution is -0.157. The minimum Gasteiger partial charge on any atom is -0.467 e. The molecule has 1 heterocycles. The first-order valence-corrected chi connectivity index (χ1v) is 5.34. The molecule has 96 valence electrons. The zero-order valence-electron chi connectivity index (χ0n) is 10.0. The second kappa shape index (κ2) is 5.62. The van der Waals surface area contributed by atoms with Crippen LogP contribution < -0.4 is 5.73 Å². The van der Waals surface area contributed by atoms with Gasteiger partial charge in [-0.2, -0.15) is 0 Å². The molecular formula is C10H17N3O4. The van der Waals surface area contributed by atoms with Crippen molar-refractivity contribution < 1.29 is 19.1 Å². The molecule has 1 atom stereocenters. The zero-order valence-corrected chi connectivity index (χ0v) is 10.0. The number of amides is 2. The van der Waals surface area contributed by atoms with Crippen LogP contribution in [-0.4, -0.2) is 66.9 Å². The summed E-state index contributed by atoms with van der Waals surface area (Å²) < 4.78 is 4.63. The summed E-state index contributed by atoms with van der Waals surface area (Å²) in [5.41, 5.74) is 5.26. The van der Waals surface area contributed by atoms with E-state index in [9.17, 15) is 14.4 Å². The monoisotopic (exact) mass is 243 g/mol. The van der Waals surface area contributed by atoms with Crippen LogP contribution in [0.4, 0.5) is 0 Å². The minimum absolute atomic E-state index is 0.103.